The fraction of sp³-hybridized carbons (Fsp3) is 0.222. The zero-order valence-electron chi connectivity index (χ0n) is 16.8. The smallest absolute Gasteiger partial charge is 0.380 e. The van der Waals surface area contributed by atoms with E-state index >= 15 is 0 Å². The SMILES string of the molecule is Cc1ccc(S(=O)(=O)NCc2ccnn2C)cc1-c1cnc2c(N)nc(C(F)(F)F)nn12. The maximum Gasteiger partial charge on any atom is 0.453 e. The second kappa shape index (κ2) is 7.56. The predicted octanol–water partition coefficient (Wildman–Crippen LogP) is 1.91. The molecule has 0 atom stereocenters. The number of nitrogens with zero attached hydrogens (tertiary/aromatic N) is 6. The average Bonchev–Trinajstić information content (AvgIpc) is 3.32. The Kier molecular flexibility index (Phi) is 5.13. The average molecular weight is 466 g/mol. The van der Waals surface area contributed by atoms with Gasteiger partial charge in [-0.1, -0.05) is 6.07 Å². The highest BCUT2D eigenvalue weighted by Crippen LogP contribution is 2.31. The molecule has 4 rings (SSSR count). The lowest BCUT2D eigenvalue weighted by molar-refractivity contribution is -0.145. The van der Waals surface area contributed by atoms with Crippen molar-refractivity contribution in [2.45, 2.75) is 24.5 Å². The summed E-state index contributed by atoms with van der Waals surface area (Å²) in [6.45, 7) is 1.69. The van der Waals surface area contributed by atoms with E-state index in [-0.39, 0.29) is 22.8 Å². The number of nitrogens with one attached hydrogen (secondary N) is 1. The maximum atomic E-state index is 13.2. The Morgan fingerprint density at radius 1 is 1.22 bits per heavy atom. The van der Waals surface area contributed by atoms with Gasteiger partial charge in [0, 0.05) is 18.8 Å². The summed E-state index contributed by atoms with van der Waals surface area (Å²) in [5.74, 6) is -1.88. The minimum Gasteiger partial charge on any atom is -0.380 e. The van der Waals surface area contributed by atoms with Crippen LogP contribution in [0.2, 0.25) is 0 Å². The molecule has 0 saturated carbocycles. The number of halogens is 3. The number of hydrogen-bond acceptors (Lipinski definition) is 7. The van der Waals surface area contributed by atoms with Crippen molar-refractivity contribution in [3.05, 3.63) is 53.7 Å². The summed E-state index contributed by atoms with van der Waals surface area (Å²) < 4.78 is 70.0. The molecule has 0 radical (unpaired) electrons. The topological polar surface area (TPSA) is 133 Å². The Morgan fingerprint density at radius 2 is 1.97 bits per heavy atom. The first kappa shape index (κ1) is 21.7. The van der Waals surface area contributed by atoms with Gasteiger partial charge in [-0.05, 0) is 30.7 Å². The van der Waals surface area contributed by atoms with Crippen LogP contribution in [0.4, 0.5) is 19.0 Å². The lowest BCUT2D eigenvalue weighted by atomic mass is 10.1. The van der Waals surface area contributed by atoms with Crippen molar-refractivity contribution in [3.8, 4) is 11.3 Å². The molecule has 168 valence electrons. The molecular formula is C18H17F3N8O2S. The third kappa shape index (κ3) is 3.89. The normalized spacial score (nSPS) is 12.5. The third-order valence-electron chi connectivity index (χ3n) is 4.80. The van der Waals surface area contributed by atoms with Gasteiger partial charge >= 0.3 is 6.18 Å². The van der Waals surface area contributed by atoms with Gasteiger partial charge in [0.1, 0.15) is 0 Å². The minimum atomic E-state index is -4.82. The van der Waals surface area contributed by atoms with Crippen molar-refractivity contribution in [2.75, 3.05) is 5.73 Å². The third-order valence-corrected chi connectivity index (χ3v) is 6.20. The van der Waals surface area contributed by atoms with Crippen molar-refractivity contribution in [1.82, 2.24) is 34.1 Å². The van der Waals surface area contributed by atoms with Crippen molar-refractivity contribution in [1.29, 1.82) is 0 Å². The Hall–Kier alpha value is -3.52. The molecule has 0 saturated heterocycles. The molecule has 32 heavy (non-hydrogen) atoms. The maximum absolute atomic E-state index is 13.2. The summed E-state index contributed by atoms with van der Waals surface area (Å²) in [6, 6.07) is 5.96. The van der Waals surface area contributed by atoms with Crippen LogP contribution >= 0.6 is 0 Å². The van der Waals surface area contributed by atoms with Gasteiger partial charge < -0.3 is 5.73 Å². The zero-order chi connectivity index (χ0) is 23.3. The first-order valence-electron chi connectivity index (χ1n) is 9.13. The van der Waals surface area contributed by atoms with Crippen LogP contribution in [0.15, 0.2) is 41.6 Å². The number of rotatable bonds is 5. The van der Waals surface area contributed by atoms with Gasteiger partial charge in [0.15, 0.2) is 11.5 Å². The van der Waals surface area contributed by atoms with E-state index in [4.69, 9.17) is 5.73 Å². The van der Waals surface area contributed by atoms with E-state index in [0.717, 1.165) is 4.52 Å². The standard InChI is InChI=1S/C18H17F3N8O2S/c1-10-3-4-12(32(30,31)25-8-11-5-6-24-28(11)2)7-13(10)14-9-23-16-15(22)26-17(18(19,20)21)27-29(14)16/h3-7,9,25H,8H2,1-2H3,(H2,22,26,27). The summed E-state index contributed by atoms with van der Waals surface area (Å²) in [5.41, 5.74) is 7.27. The quantitative estimate of drug-likeness (QED) is 0.459. The molecule has 14 heteroatoms. The lowest BCUT2D eigenvalue weighted by Crippen LogP contribution is -2.24. The van der Waals surface area contributed by atoms with Gasteiger partial charge in [-0.3, -0.25) is 4.68 Å². The summed E-state index contributed by atoms with van der Waals surface area (Å²) >= 11 is 0. The van der Waals surface area contributed by atoms with E-state index in [0.29, 0.717) is 16.8 Å². The highest BCUT2D eigenvalue weighted by atomic mass is 32.2. The molecule has 0 aliphatic heterocycles. The van der Waals surface area contributed by atoms with Crippen LogP contribution in [-0.4, -0.2) is 37.8 Å². The van der Waals surface area contributed by atoms with E-state index < -0.39 is 27.8 Å². The van der Waals surface area contributed by atoms with Crippen LogP contribution in [0.5, 0.6) is 0 Å². The second-order valence-electron chi connectivity index (χ2n) is 6.94. The zero-order valence-corrected chi connectivity index (χ0v) is 17.6. The molecule has 3 aromatic heterocycles. The van der Waals surface area contributed by atoms with Gasteiger partial charge in [0.25, 0.3) is 5.82 Å². The molecule has 0 aliphatic carbocycles. The van der Waals surface area contributed by atoms with E-state index in [1.807, 2.05) is 0 Å². The van der Waals surface area contributed by atoms with Crippen molar-refractivity contribution < 1.29 is 21.6 Å². The number of fused-ring (bicyclic) bond motifs is 1. The highest BCUT2D eigenvalue weighted by molar-refractivity contribution is 7.89. The van der Waals surface area contributed by atoms with Gasteiger partial charge in [0.2, 0.25) is 10.0 Å². The molecule has 0 unspecified atom stereocenters. The molecule has 3 heterocycles. The van der Waals surface area contributed by atoms with Crippen molar-refractivity contribution >= 4 is 21.5 Å². The molecule has 0 fully saturated rings. The largest absolute Gasteiger partial charge is 0.453 e. The molecule has 1 aromatic carbocycles. The summed E-state index contributed by atoms with van der Waals surface area (Å²) in [7, 11) is -2.25. The van der Waals surface area contributed by atoms with Crippen molar-refractivity contribution in [3.63, 3.8) is 0 Å². The molecule has 10 nitrogen and oxygen atoms in total. The van der Waals surface area contributed by atoms with Crippen LogP contribution < -0.4 is 10.5 Å². The minimum absolute atomic E-state index is 0.0103. The molecule has 4 aromatic rings. The van der Waals surface area contributed by atoms with Gasteiger partial charge in [-0.15, -0.1) is 5.10 Å². The number of anilines is 1. The number of aromatic nitrogens is 6. The fourth-order valence-electron chi connectivity index (χ4n) is 3.08. The molecule has 0 amide bonds. The Bertz CT molecular complexity index is 1430. The first-order valence-corrected chi connectivity index (χ1v) is 10.6. The summed E-state index contributed by atoms with van der Waals surface area (Å²) in [4.78, 5) is 7.19. The second-order valence-corrected chi connectivity index (χ2v) is 8.71. The van der Waals surface area contributed by atoms with E-state index in [2.05, 4.69) is 24.9 Å². The molecular weight excluding hydrogens is 449 g/mol. The summed E-state index contributed by atoms with van der Waals surface area (Å²) in [6.07, 6.45) is -2.01. The van der Waals surface area contributed by atoms with Crippen LogP contribution in [0, 0.1) is 6.92 Å². The van der Waals surface area contributed by atoms with E-state index in [1.54, 1.807) is 32.3 Å². The van der Waals surface area contributed by atoms with Crippen LogP contribution in [0.3, 0.4) is 0 Å². The molecule has 3 N–H and O–H groups in total. The Morgan fingerprint density at radius 3 is 2.62 bits per heavy atom. The predicted molar refractivity (Wildman–Crippen MR) is 108 cm³/mol. The Labute approximate surface area is 180 Å². The van der Waals surface area contributed by atoms with Crippen LogP contribution in [-0.2, 0) is 29.8 Å². The van der Waals surface area contributed by atoms with E-state index in [9.17, 15) is 21.6 Å². The van der Waals surface area contributed by atoms with Crippen LogP contribution in [0.25, 0.3) is 16.9 Å². The van der Waals surface area contributed by atoms with Crippen LogP contribution in [0.1, 0.15) is 17.1 Å². The van der Waals surface area contributed by atoms with Gasteiger partial charge in [0.05, 0.1) is 29.0 Å². The fourth-order valence-corrected chi connectivity index (χ4v) is 4.10. The number of nitrogens with two attached hydrogens (primary N) is 1. The lowest BCUT2D eigenvalue weighted by Gasteiger charge is -2.12. The van der Waals surface area contributed by atoms with Crippen molar-refractivity contribution in [2.24, 2.45) is 7.05 Å². The first-order chi connectivity index (χ1) is 15.0. The van der Waals surface area contributed by atoms with Gasteiger partial charge in [-0.2, -0.15) is 18.3 Å². The number of benzene rings is 1. The number of hydrogen-bond donors (Lipinski definition) is 2. The monoisotopic (exact) mass is 466 g/mol. The number of imidazole rings is 1. The van der Waals surface area contributed by atoms with Gasteiger partial charge in [-0.25, -0.2) is 27.6 Å². The number of nitrogen functional groups attached to an aromatic ring is 1. The molecule has 0 spiro atoms. The number of aryl methyl sites for hydroxylation is 2. The molecule has 0 aliphatic rings. The Balaban J connectivity index is 1.77. The number of sulfonamides is 1. The summed E-state index contributed by atoms with van der Waals surface area (Å²) in [5, 5.41) is 7.50. The highest BCUT2D eigenvalue weighted by Gasteiger charge is 2.36. The molecule has 0 bridgehead atoms. The van der Waals surface area contributed by atoms with E-state index in [1.165, 1.54) is 23.0 Å². The number of alkyl halides is 3.